The number of halogens is 1. The molecule has 0 fully saturated rings. The Labute approximate surface area is 99.4 Å². The molecule has 0 aliphatic rings. The molecule has 0 bridgehead atoms. The molecule has 6 heteroatoms. The molecule has 0 aromatic carbocycles. The van der Waals surface area contributed by atoms with Crippen molar-refractivity contribution < 1.29 is 9.53 Å². The Hall–Kier alpha value is -1.36. The van der Waals surface area contributed by atoms with Gasteiger partial charge in [0.25, 0.3) is 0 Å². The Balaban J connectivity index is 3.19. The van der Waals surface area contributed by atoms with E-state index < -0.39 is 0 Å². The highest BCUT2D eigenvalue weighted by molar-refractivity contribution is 6.31. The van der Waals surface area contributed by atoms with Crippen LogP contribution < -0.4 is 9.64 Å². The summed E-state index contributed by atoms with van der Waals surface area (Å²) in [5, 5.41) is 0.151. The van der Waals surface area contributed by atoms with Crippen LogP contribution >= 0.6 is 11.6 Å². The molecule has 0 spiro atoms. The van der Waals surface area contributed by atoms with Crippen molar-refractivity contribution in [1.82, 2.24) is 9.97 Å². The van der Waals surface area contributed by atoms with Gasteiger partial charge in [-0.3, -0.25) is 4.79 Å². The second kappa shape index (κ2) is 5.12. The van der Waals surface area contributed by atoms with Gasteiger partial charge in [-0.1, -0.05) is 18.5 Å². The molecular weight excluding hydrogens is 230 g/mol. The zero-order chi connectivity index (χ0) is 12.3. The summed E-state index contributed by atoms with van der Waals surface area (Å²) in [7, 11) is 3.59. The molecule has 0 aliphatic heterocycles. The molecule has 5 nitrogen and oxygen atoms in total. The summed E-state index contributed by atoms with van der Waals surface area (Å²) in [4.78, 5) is 21.1. The Bertz CT molecular complexity index is 407. The first-order valence-electron chi connectivity index (χ1n) is 4.87. The van der Waals surface area contributed by atoms with Crippen molar-refractivity contribution in [3.05, 3.63) is 11.0 Å². The van der Waals surface area contributed by atoms with Gasteiger partial charge in [0.2, 0.25) is 5.75 Å². The monoisotopic (exact) mass is 243 g/mol. The summed E-state index contributed by atoms with van der Waals surface area (Å²) in [6.45, 7) is 3.44. The molecule has 0 saturated heterocycles. The molecule has 16 heavy (non-hydrogen) atoms. The van der Waals surface area contributed by atoms with Crippen molar-refractivity contribution in [2.75, 3.05) is 19.0 Å². The van der Waals surface area contributed by atoms with E-state index in [9.17, 15) is 4.79 Å². The first-order valence-corrected chi connectivity index (χ1v) is 5.25. The lowest BCUT2D eigenvalue weighted by Gasteiger charge is -2.16. The molecule has 0 unspecified atom stereocenters. The van der Waals surface area contributed by atoms with Crippen LogP contribution in [0.2, 0.25) is 5.15 Å². The van der Waals surface area contributed by atoms with Gasteiger partial charge in [-0.25, -0.2) is 9.97 Å². The number of ether oxygens (including phenoxy) is 1. The number of rotatable bonds is 3. The number of esters is 1. The fourth-order valence-electron chi connectivity index (χ4n) is 1.09. The molecule has 0 radical (unpaired) electrons. The molecule has 1 heterocycles. The van der Waals surface area contributed by atoms with Gasteiger partial charge in [-0.2, -0.15) is 0 Å². The van der Waals surface area contributed by atoms with E-state index in [4.69, 9.17) is 16.3 Å². The van der Waals surface area contributed by atoms with Gasteiger partial charge in [0.1, 0.15) is 5.82 Å². The van der Waals surface area contributed by atoms with Crippen molar-refractivity contribution in [3.8, 4) is 5.75 Å². The van der Waals surface area contributed by atoms with Crippen molar-refractivity contribution in [3.63, 3.8) is 0 Å². The molecule has 0 N–H and O–H groups in total. The van der Waals surface area contributed by atoms with E-state index in [1.165, 1.54) is 0 Å². The zero-order valence-electron chi connectivity index (χ0n) is 9.74. The smallest absolute Gasteiger partial charge is 0.311 e. The quantitative estimate of drug-likeness (QED) is 0.599. The van der Waals surface area contributed by atoms with Gasteiger partial charge in [0.15, 0.2) is 11.0 Å². The van der Waals surface area contributed by atoms with E-state index in [0.29, 0.717) is 11.6 Å². The van der Waals surface area contributed by atoms with Crippen LogP contribution in [0.3, 0.4) is 0 Å². The minimum atomic E-state index is -0.363. The average Bonchev–Trinajstić information content (AvgIpc) is 2.20. The lowest BCUT2D eigenvalue weighted by atomic mass is 10.4. The molecule has 1 aromatic rings. The number of anilines is 1. The van der Waals surface area contributed by atoms with Crippen molar-refractivity contribution in [2.45, 2.75) is 20.3 Å². The van der Waals surface area contributed by atoms with E-state index >= 15 is 0 Å². The third-order valence-corrected chi connectivity index (χ3v) is 2.10. The average molecular weight is 244 g/mol. The van der Waals surface area contributed by atoms with Crippen molar-refractivity contribution in [1.29, 1.82) is 0 Å². The minimum absolute atomic E-state index is 0.151. The van der Waals surface area contributed by atoms with Crippen molar-refractivity contribution in [2.24, 2.45) is 0 Å². The molecule has 0 aliphatic carbocycles. The van der Waals surface area contributed by atoms with Crippen LogP contribution in [0, 0.1) is 6.92 Å². The molecule has 88 valence electrons. The first kappa shape index (κ1) is 12.7. The van der Waals surface area contributed by atoms with E-state index in [1.54, 1.807) is 32.8 Å². The maximum Gasteiger partial charge on any atom is 0.311 e. The van der Waals surface area contributed by atoms with Gasteiger partial charge in [-0.05, 0) is 6.92 Å². The van der Waals surface area contributed by atoms with Gasteiger partial charge in [0, 0.05) is 20.5 Å². The fourth-order valence-corrected chi connectivity index (χ4v) is 1.34. The topological polar surface area (TPSA) is 55.3 Å². The zero-order valence-corrected chi connectivity index (χ0v) is 10.5. The summed E-state index contributed by atoms with van der Waals surface area (Å²) in [5.74, 6) is 0.880. The van der Waals surface area contributed by atoms with Crippen LogP contribution in [0.25, 0.3) is 0 Å². The maximum absolute atomic E-state index is 11.2. The number of aryl methyl sites for hydroxylation is 1. The molecule has 1 aromatic heterocycles. The van der Waals surface area contributed by atoms with Crippen molar-refractivity contribution >= 4 is 23.4 Å². The summed E-state index contributed by atoms with van der Waals surface area (Å²) < 4.78 is 5.10. The Morgan fingerprint density at radius 1 is 1.44 bits per heavy atom. The van der Waals surface area contributed by atoms with E-state index in [0.717, 1.165) is 0 Å². The SMILES string of the molecule is CCC(=O)Oc1c(Cl)nc(C)nc1N(C)C. The third kappa shape index (κ3) is 2.82. The normalized spacial score (nSPS) is 10.1. The minimum Gasteiger partial charge on any atom is -0.419 e. The summed E-state index contributed by atoms with van der Waals surface area (Å²) in [6, 6.07) is 0. The molecule has 0 amide bonds. The largest absolute Gasteiger partial charge is 0.419 e. The maximum atomic E-state index is 11.2. The van der Waals surface area contributed by atoms with Gasteiger partial charge < -0.3 is 9.64 Å². The van der Waals surface area contributed by atoms with Crippen LogP contribution in [-0.4, -0.2) is 30.0 Å². The molecule has 0 atom stereocenters. The number of hydrogen-bond acceptors (Lipinski definition) is 5. The highest BCUT2D eigenvalue weighted by Gasteiger charge is 2.17. The van der Waals surface area contributed by atoms with Crippen LogP contribution in [-0.2, 0) is 4.79 Å². The Kier molecular flexibility index (Phi) is 4.06. The predicted molar refractivity (Wildman–Crippen MR) is 62.0 cm³/mol. The van der Waals surface area contributed by atoms with E-state index in [2.05, 4.69) is 9.97 Å². The number of aromatic nitrogens is 2. The molecular formula is C10H14ClN3O2. The highest BCUT2D eigenvalue weighted by Crippen LogP contribution is 2.31. The summed E-state index contributed by atoms with van der Waals surface area (Å²) in [5.41, 5.74) is 0. The van der Waals surface area contributed by atoms with Gasteiger partial charge in [-0.15, -0.1) is 0 Å². The molecule has 1 rings (SSSR count). The number of carbonyl (C=O) groups is 1. The second-order valence-corrected chi connectivity index (χ2v) is 3.79. The summed E-state index contributed by atoms with van der Waals surface area (Å²) >= 11 is 5.92. The number of carbonyl (C=O) groups excluding carboxylic acids is 1. The first-order chi connectivity index (χ1) is 7.45. The fraction of sp³-hybridized carbons (Fsp3) is 0.500. The van der Waals surface area contributed by atoms with Gasteiger partial charge in [0.05, 0.1) is 0 Å². The second-order valence-electron chi connectivity index (χ2n) is 3.44. The predicted octanol–water partition coefficient (Wildman–Crippen LogP) is 1.82. The highest BCUT2D eigenvalue weighted by atomic mass is 35.5. The molecule has 0 saturated carbocycles. The number of nitrogens with zero attached hydrogens (tertiary/aromatic N) is 3. The lowest BCUT2D eigenvalue weighted by molar-refractivity contribution is -0.134. The van der Waals surface area contributed by atoms with Crippen LogP contribution in [0.15, 0.2) is 0 Å². The third-order valence-electron chi connectivity index (χ3n) is 1.85. The lowest BCUT2D eigenvalue weighted by Crippen LogP contribution is -2.16. The van der Waals surface area contributed by atoms with E-state index in [1.807, 2.05) is 0 Å². The van der Waals surface area contributed by atoms with Crippen LogP contribution in [0.5, 0.6) is 5.75 Å². The van der Waals surface area contributed by atoms with Crippen LogP contribution in [0.4, 0.5) is 5.82 Å². The Morgan fingerprint density at radius 3 is 2.56 bits per heavy atom. The van der Waals surface area contributed by atoms with Crippen LogP contribution in [0.1, 0.15) is 19.2 Å². The Morgan fingerprint density at radius 2 is 2.06 bits per heavy atom. The standard InChI is InChI=1S/C10H14ClN3O2/c1-5-7(15)16-8-9(11)12-6(2)13-10(8)14(3)4/h5H2,1-4H3. The van der Waals surface area contributed by atoms with E-state index in [-0.39, 0.29) is 23.3 Å². The summed E-state index contributed by atoms with van der Waals surface area (Å²) in [6.07, 6.45) is 0.275. The number of hydrogen-bond donors (Lipinski definition) is 0. The van der Waals surface area contributed by atoms with Gasteiger partial charge >= 0.3 is 5.97 Å².